The van der Waals surface area contributed by atoms with Crippen LogP contribution in [0.3, 0.4) is 0 Å². The number of allylic oxidation sites excluding steroid dienone is 2. The first-order chi connectivity index (χ1) is 8.18. The summed E-state index contributed by atoms with van der Waals surface area (Å²) in [4.78, 5) is 12.0. The van der Waals surface area contributed by atoms with Gasteiger partial charge in [0.1, 0.15) is 0 Å². The third kappa shape index (κ3) is 3.87. The lowest BCUT2D eigenvalue weighted by Gasteiger charge is -2.22. The zero-order valence-corrected chi connectivity index (χ0v) is 13.3. The van der Waals surface area contributed by atoms with Crippen molar-refractivity contribution in [1.82, 2.24) is 0 Å². The molecule has 4 heteroatoms. The molecule has 0 aliphatic heterocycles. The molecule has 102 valence electrons. The summed E-state index contributed by atoms with van der Waals surface area (Å²) in [5.41, 5.74) is 0.750. The van der Waals surface area contributed by atoms with Crippen LogP contribution in [0.4, 0.5) is 0 Å². The van der Waals surface area contributed by atoms with Gasteiger partial charge in [0.15, 0.2) is 0 Å². The highest BCUT2D eigenvalue weighted by Gasteiger charge is 2.42. The molecule has 0 heterocycles. The Balaban J connectivity index is 2.63. The summed E-state index contributed by atoms with van der Waals surface area (Å²) in [6, 6.07) is 0. The second kappa shape index (κ2) is 5.47. The lowest BCUT2D eigenvalue weighted by Crippen LogP contribution is -2.28. The molecule has 0 amide bonds. The first kappa shape index (κ1) is 15.3. The molecule has 1 atom stereocenters. The van der Waals surface area contributed by atoms with E-state index in [2.05, 4.69) is 20.8 Å². The molecule has 0 aromatic rings. The summed E-state index contributed by atoms with van der Waals surface area (Å²) in [6.45, 7) is 12.8. The van der Waals surface area contributed by atoms with Crippen molar-refractivity contribution in [1.29, 1.82) is 0 Å². The molecule has 1 aliphatic carbocycles. The SMILES string of the molecule is CCOC(=O)C1(C)CC(C)=C(O[Si]C(C)(C)C)C1. The van der Waals surface area contributed by atoms with Crippen molar-refractivity contribution in [2.45, 2.75) is 59.4 Å². The van der Waals surface area contributed by atoms with Gasteiger partial charge in [-0.15, -0.1) is 0 Å². The monoisotopic (exact) mass is 268 g/mol. The maximum atomic E-state index is 12.0. The minimum Gasteiger partial charge on any atom is -0.543 e. The maximum Gasteiger partial charge on any atom is 0.316 e. The van der Waals surface area contributed by atoms with Gasteiger partial charge in [-0.25, -0.2) is 0 Å². The number of ether oxygens (including phenoxy) is 1. The van der Waals surface area contributed by atoms with Gasteiger partial charge in [-0.05, 0) is 37.8 Å². The number of hydrogen-bond donors (Lipinski definition) is 0. The van der Waals surface area contributed by atoms with Crippen LogP contribution in [0.15, 0.2) is 11.3 Å². The van der Waals surface area contributed by atoms with Gasteiger partial charge in [-0.1, -0.05) is 20.8 Å². The van der Waals surface area contributed by atoms with Crippen molar-refractivity contribution in [2.75, 3.05) is 6.61 Å². The molecule has 18 heavy (non-hydrogen) atoms. The summed E-state index contributed by atoms with van der Waals surface area (Å²) < 4.78 is 11.1. The third-order valence-electron chi connectivity index (χ3n) is 2.93. The average Bonchev–Trinajstić information content (AvgIpc) is 2.52. The standard InChI is InChI=1S/C14H24O3Si/c1-7-16-12(15)14(6)8-10(2)11(9-14)17-18-13(3,4)5/h7-9H2,1-6H3. The first-order valence-corrected chi connectivity index (χ1v) is 7.38. The molecule has 0 saturated heterocycles. The molecular weight excluding hydrogens is 244 g/mol. The van der Waals surface area contributed by atoms with E-state index in [9.17, 15) is 4.79 Å². The van der Waals surface area contributed by atoms with Gasteiger partial charge in [0, 0.05) is 6.42 Å². The summed E-state index contributed by atoms with van der Waals surface area (Å²) >= 11 is 0. The predicted octanol–water partition coefficient (Wildman–Crippen LogP) is 3.48. The molecule has 0 saturated carbocycles. The molecule has 3 nitrogen and oxygen atoms in total. The topological polar surface area (TPSA) is 35.5 Å². The maximum absolute atomic E-state index is 12.0. The van der Waals surface area contributed by atoms with E-state index in [1.165, 1.54) is 5.57 Å². The van der Waals surface area contributed by atoms with Gasteiger partial charge in [-0.3, -0.25) is 4.79 Å². The van der Waals surface area contributed by atoms with Crippen molar-refractivity contribution >= 4 is 15.7 Å². The lowest BCUT2D eigenvalue weighted by atomic mass is 9.87. The zero-order chi connectivity index (χ0) is 14.0. The summed E-state index contributed by atoms with van der Waals surface area (Å²) in [5, 5.41) is 0.163. The highest BCUT2D eigenvalue weighted by atomic mass is 28.2. The molecule has 0 aromatic carbocycles. The van der Waals surface area contributed by atoms with Gasteiger partial charge < -0.3 is 9.16 Å². The Morgan fingerprint density at radius 2 is 2.00 bits per heavy atom. The molecule has 0 spiro atoms. The summed E-state index contributed by atoms with van der Waals surface area (Å²) in [5.74, 6) is 0.876. The van der Waals surface area contributed by atoms with Crippen LogP contribution in [0.25, 0.3) is 0 Å². The Hall–Kier alpha value is -0.773. The smallest absolute Gasteiger partial charge is 0.316 e. The van der Waals surface area contributed by atoms with E-state index in [-0.39, 0.29) is 11.0 Å². The Labute approximate surface area is 113 Å². The molecule has 1 rings (SSSR count). The summed E-state index contributed by atoms with van der Waals surface area (Å²) in [6.07, 6.45) is 1.41. The first-order valence-electron chi connectivity index (χ1n) is 6.48. The highest BCUT2D eigenvalue weighted by molar-refractivity contribution is 6.32. The molecule has 0 aromatic heterocycles. The van der Waals surface area contributed by atoms with Crippen molar-refractivity contribution in [3.05, 3.63) is 11.3 Å². The predicted molar refractivity (Wildman–Crippen MR) is 73.2 cm³/mol. The van der Waals surface area contributed by atoms with Crippen LogP contribution in [-0.2, 0) is 14.0 Å². The zero-order valence-electron chi connectivity index (χ0n) is 12.3. The van der Waals surface area contributed by atoms with Gasteiger partial charge in [0.25, 0.3) is 0 Å². The van der Waals surface area contributed by atoms with Crippen LogP contribution in [0.2, 0.25) is 5.04 Å². The normalized spacial score (nSPS) is 24.3. The van der Waals surface area contributed by atoms with Crippen LogP contribution in [0, 0.1) is 5.41 Å². The molecule has 1 aliphatic rings. The quantitative estimate of drug-likeness (QED) is 0.578. The van der Waals surface area contributed by atoms with E-state index >= 15 is 0 Å². The van der Waals surface area contributed by atoms with Crippen molar-refractivity contribution in [2.24, 2.45) is 5.41 Å². The van der Waals surface area contributed by atoms with E-state index in [1.807, 2.05) is 20.8 Å². The Morgan fingerprint density at radius 1 is 1.39 bits per heavy atom. The van der Waals surface area contributed by atoms with E-state index in [0.29, 0.717) is 22.8 Å². The Kier molecular flexibility index (Phi) is 4.64. The minimum absolute atomic E-state index is 0.109. The number of carbonyl (C=O) groups excluding carboxylic acids is 1. The fourth-order valence-electron chi connectivity index (χ4n) is 2.04. The molecular formula is C14H24O3Si. The Morgan fingerprint density at radius 3 is 2.50 bits per heavy atom. The third-order valence-corrected chi connectivity index (χ3v) is 3.89. The van der Waals surface area contributed by atoms with E-state index in [4.69, 9.17) is 9.16 Å². The molecule has 2 radical (unpaired) electrons. The summed E-state index contributed by atoms with van der Waals surface area (Å²) in [7, 11) is 0.422. The number of rotatable bonds is 4. The van der Waals surface area contributed by atoms with Crippen LogP contribution < -0.4 is 0 Å². The highest BCUT2D eigenvalue weighted by Crippen LogP contribution is 2.43. The van der Waals surface area contributed by atoms with Crippen LogP contribution in [0.1, 0.15) is 54.4 Å². The van der Waals surface area contributed by atoms with Crippen molar-refractivity contribution < 1.29 is 14.0 Å². The van der Waals surface area contributed by atoms with Crippen LogP contribution >= 0.6 is 0 Å². The number of hydrogen-bond acceptors (Lipinski definition) is 3. The van der Waals surface area contributed by atoms with Crippen LogP contribution in [0.5, 0.6) is 0 Å². The minimum atomic E-state index is -0.433. The fraction of sp³-hybridized carbons (Fsp3) is 0.786. The molecule has 1 unspecified atom stereocenters. The second-order valence-electron chi connectivity index (χ2n) is 6.29. The van der Waals surface area contributed by atoms with E-state index in [0.717, 1.165) is 12.2 Å². The lowest BCUT2D eigenvalue weighted by molar-refractivity contribution is -0.154. The average molecular weight is 268 g/mol. The van der Waals surface area contributed by atoms with Gasteiger partial charge in [0.05, 0.1) is 17.8 Å². The van der Waals surface area contributed by atoms with E-state index < -0.39 is 5.41 Å². The van der Waals surface area contributed by atoms with Crippen molar-refractivity contribution in [3.63, 3.8) is 0 Å². The molecule has 0 fully saturated rings. The second-order valence-corrected chi connectivity index (χ2v) is 8.20. The van der Waals surface area contributed by atoms with E-state index in [1.54, 1.807) is 0 Å². The molecule has 0 bridgehead atoms. The fourth-order valence-corrected chi connectivity index (χ4v) is 2.71. The van der Waals surface area contributed by atoms with Crippen LogP contribution in [-0.4, -0.2) is 22.3 Å². The number of carbonyl (C=O) groups is 1. The van der Waals surface area contributed by atoms with Crippen molar-refractivity contribution in [3.8, 4) is 0 Å². The van der Waals surface area contributed by atoms with Gasteiger partial charge in [0.2, 0.25) is 0 Å². The number of esters is 1. The van der Waals surface area contributed by atoms with Gasteiger partial charge in [-0.2, -0.15) is 0 Å². The molecule has 0 N–H and O–H groups in total. The Bertz CT molecular complexity index is 355. The van der Waals surface area contributed by atoms with Gasteiger partial charge >= 0.3 is 15.7 Å². The largest absolute Gasteiger partial charge is 0.543 e.